The molecule has 0 amide bonds. The lowest BCUT2D eigenvalue weighted by Gasteiger charge is -2.17. The first-order valence-corrected chi connectivity index (χ1v) is 10.6. The molecule has 6 heteroatoms. The lowest BCUT2D eigenvalue weighted by molar-refractivity contribution is -0.142. The third kappa shape index (κ3) is 6.19. The van der Waals surface area contributed by atoms with E-state index in [0.29, 0.717) is 19.3 Å². The summed E-state index contributed by atoms with van der Waals surface area (Å²) in [6, 6.07) is 16.7. The van der Waals surface area contributed by atoms with Crippen molar-refractivity contribution in [3.05, 3.63) is 65.7 Å². The first-order chi connectivity index (χ1) is 12.8. The highest BCUT2D eigenvalue weighted by Crippen LogP contribution is 2.26. The quantitative estimate of drug-likeness (QED) is 0.647. The van der Waals surface area contributed by atoms with Crippen LogP contribution in [0, 0.1) is 5.92 Å². The zero-order valence-corrected chi connectivity index (χ0v) is 16.6. The van der Waals surface area contributed by atoms with Gasteiger partial charge in [-0.3, -0.25) is 4.79 Å². The summed E-state index contributed by atoms with van der Waals surface area (Å²) in [5, 5.41) is 9.53. The van der Waals surface area contributed by atoms with Crippen LogP contribution in [0.1, 0.15) is 43.2 Å². The second-order valence-electron chi connectivity index (χ2n) is 6.82. The topological polar surface area (TPSA) is 83.5 Å². The number of hydrogen-bond donors (Lipinski definition) is 2. The van der Waals surface area contributed by atoms with Crippen molar-refractivity contribution in [2.75, 3.05) is 7.05 Å². The molecule has 0 fully saturated rings. The lowest BCUT2D eigenvalue weighted by Crippen LogP contribution is -2.19. The number of rotatable bonds is 10. The van der Waals surface area contributed by atoms with Crippen molar-refractivity contribution < 1.29 is 18.3 Å². The Morgan fingerprint density at radius 3 is 2.37 bits per heavy atom. The first-order valence-electron chi connectivity index (χ1n) is 9.13. The van der Waals surface area contributed by atoms with E-state index in [1.807, 2.05) is 43.3 Å². The number of hydrogen-bond acceptors (Lipinski definition) is 3. The van der Waals surface area contributed by atoms with Gasteiger partial charge in [0.15, 0.2) is 0 Å². The highest BCUT2D eigenvalue weighted by molar-refractivity contribution is 7.89. The zero-order chi connectivity index (χ0) is 19.9. The van der Waals surface area contributed by atoms with Crippen LogP contribution in [0.2, 0.25) is 0 Å². The molecular formula is C21H27NO4S. The predicted octanol–water partition coefficient (Wildman–Crippen LogP) is 3.81. The summed E-state index contributed by atoms with van der Waals surface area (Å²) in [4.78, 5) is 11.8. The molecule has 0 aromatic heterocycles. The normalized spacial score (nSPS) is 13.9. The summed E-state index contributed by atoms with van der Waals surface area (Å²) in [7, 11) is -2.10. The molecule has 2 aromatic rings. The minimum Gasteiger partial charge on any atom is -0.481 e. The van der Waals surface area contributed by atoms with Crippen molar-refractivity contribution in [1.29, 1.82) is 0 Å². The Morgan fingerprint density at radius 2 is 1.74 bits per heavy atom. The molecule has 0 saturated carbocycles. The van der Waals surface area contributed by atoms with E-state index in [1.165, 1.54) is 7.05 Å². The predicted molar refractivity (Wildman–Crippen MR) is 106 cm³/mol. The van der Waals surface area contributed by atoms with Gasteiger partial charge in [0.05, 0.1) is 10.8 Å². The van der Waals surface area contributed by atoms with Crippen LogP contribution in [0.5, 0.6) is 0 Å². The maximum absolute atomic E-state index is 12.0. The Bertz CT molecular complexity index is 849. The molecule has 0 saturated heterocycles. The SMILES string of the molecule is CNS(=O)(=O)c1cccc(C(C)CCC(CCc2ccccc2)C(=O)O)c1. The number of benzene rings is 2. The average molecular weight is 390 g/mol. The summed E-state index contributed by atoms with van der Waals surface area (Å²) in [5.74, 6) is -1.10. The van der Waals surface area contributed by atoms with Gasteiger partial charge in [-0.05, 0) is 61.9 Å². The van der Waals surface area contributed by atoms with Crippen LogP contribution in [0.4, 0.5) is 0 Å². The Kier molecular flexibility index (Phi) is 7.56. The highest BCUT2D eigenvalue weighted by atomic mass is 32.2. The van der Waals surface area contributed by atoms with Gasteiger partial charge >= 0.3 is 5.97 Å². The molecule has 2 N–H and O–H groups in total. The fourth-order valence-corrected chi connectivity index (χ4v) is 3.89. The molecule has 2 unspecified atom stereocenters. The monoisotopic (exact) mass is 389 g/mol. The first kappa shape index (κ1) is 21.1. The third-order valence-corrected chi connectivity index (χ3v) is 6.34. The van der Waals surface area contributed by atoms with Gasteiger partial charge in [-0.15, -0.1) is 0 Å². The Morgan fingerprint density at radius 1 is 1.04 bits per heavy atom. The van der Waals surface area contributed by atoms with Gasteiger partial charge in [0.25, 0.3) is 0 Å². The summed E-state index contributed by atoms with van der Waals surface area (Å²) in [5.41, 5.74) is 2.04. The summed E-state index contributed by atoms with van der Waals surface area (Å²) >= 11 is 0. The Labute approximate surface area is 161 Å². The number of aryl methyl sites for hydroxylation is 1. The van der Waals surface area contributed by atoms with Gasteiger partial charge in [-0.25, -0.2) is 13.1 Å². The fourth-order valence-electron chi connectivity index (χ4n) is 3.10. The molecule has 0 aliphatic carbocycles. The van der Waals surface area contributed by atoms with Crippen LogP contribution in [-0.4, -0.2) is 26.5 Å². The van der Waals surface area contributed by atoms with Gasteiger partial charge in [-0.1, -0.05) is 49.4 Å². The molecule has 27 heavy (non-hydrogen) atoms. The van der Waals surface area contributed by atoms with E-state index in [4.69, 9.17) is 0 Å². The summed E-state index contributed by atoms with van der Waals surface area (Å²) in [6.07, 6.45) is 2.59. The van der Waals surface area contributed by atoms with Gasteiger partial charge in [0.2, 0.25) is 10.0 Å². The van der Waals surface area contributed by atoms with E-state index < -0.39 is 21.9 Å². The molecular weight excluding hydrogens is 362 g/mol. The van der Waals surface area contributed by atoms with Crippen LogP contribution in [0.3, 0.4) is 0 Å². The van der Waals surface area contributed by atoms with Gasteiger partial charge in [0.1, 0.15) is 0 Å². The molecule has 0 heterocycles. The maximum atomic E-state index is 12.0. The maximum Gasteiger partial charge on any atom is 0.306 e. The number of nitrogens with one attached hydrogen (secondary N) is 1. The molecule has 0 bridgehead atoms. The molecule has 0 spiro atoms. The number of carboxylic acids is 1. The van der Waals surface area contributed by atoms with Crippen LogP contribution in [-0.2, 0) is 21.2 Å². The Balaban J connectivity index is 1.98. The molecule has 0 aliphatic rings. The minimum absolute atomic E-state index is 0.0792. The van der Waals surface area contributed by atoms with Crippen LogP contribution in [0.15, 0.2) is 59.5 Å². The zero-order valence-electron chi connectivity index (χ0n) is 15.8. The number of sulfonamides is 1. The largest absolute Gasteiger partial charge is 0.481 e. The fraction of sp³-hybridized carbons (Fsp3) is 0.381. The molecule has 2 aromatic carbocycles. The number of aliphatic carboxylic acids is 1. The summed E-state index contributed by atoms with van der Waals surface area (Å²) < 4.78 is 26.2. The van der Waals surface area contributed by atoms with Gasteiger partial charge in [0, 0.05) is 0 Å². The van der Waals surface area contributed by atoms with Gasteiger partial charge < -0.3 is 5.11 Å². The Hall–Kier alpha value is -2.18. The second kappa shape index (κ2) is 9.67. The van der Waals surface area contributed by atoms with E-state index >= 15 is 0 Å². The third-order valence-electron chi connectivity index (χ3n) is 4.93. The molecule has 0 aliphatic heterocycles. The van der Waals surface area contributed by atoms with Crippen molar-refractivity contribution in [3.63, 3.8) is 0 Å². The van der Waals surface area contributed by atoms with Crippen molar-refractivity contribution in [3.8, 4) is 0 Å². The van der Waals surface area contributed by atoms with Crippen molar-refractivity contribution >= 4 is 16.0 Å². The van der Waals surface area contributed by atoms with Crippen LogP contribution < -0.4 is 4.72 Å². The number of carbonyl (C=O) groups is 1. The van der Waals surface area contributed by atoms with Crippen molar-refractivity contribution in [2.45, 2.75) is 43.4 Å². The summed E-state index contributed by atoms with van der Waals surface area (Å²) in [6.45, 7) is 2.00. The molecule has 5 nitrogen and oxygen atoms in total. The molecule has 146 valence electrons. The van der Waals surface area contributed by atoms with Crippen molar-refractivity contribution in [2.24, 2.45) is 5.92 Å². The van der Waals surface area contributed by atoms with E-state index in [9.17, 15) is 18.3 Å². The smallest absolute Gasteiger partial charge is 0.306 e. The lowest BCUT2D eigenvalue weighted by atomic mass is 9.89. The van der Waals surface area contributed by atoms with Crippen molar-refractivity contribution in [1.82, 2.24) is 4.72 Å². The average Bonchev–Trinajstić information content (AvgIpc) is 2.68. The van der Waals surface area contributed by atoms with E-state index in [0.717, 1.165) is 17.5 Å². The van der Waals surface area contributed by atoms with Gasteiger partial charge in [-0.2, -0.15) is 0 Å². The van der Waals surface area contributed by atoms with Crippen LogP contribution >= 0.6 is 0 Å². The molecule has 2 rings (SSSR count). The second-order valence-corrected chi connectivity index (χ2v) is 8.70. The standard InChI is InChI=1S/C21H27NO4S/c1-16(19-9-6-10-20(15-19)27(25,26)22-2)11-13-18(21(23)24)14-12-17-7-4-3-5-8-17/h3-10,15-16,18,22H,11-14H2,1-2H3,(H,23,24). The van der Waals surface area contributed by atoms with E-state index in [1.54, 1.807) is 18.2 Å². The number of carboxylic acid groups (broad SMARTS) is 1. The minimum atomic E-state index is -3.48. The molecule has 2 atom stereocenters. The molecule has 0 radical (unpaired) electrons. The van der Waals surface area contributed by atoms with E-state index in [2.05, 4.69) is 4.72 Å². The van der Waals surface area contributed by atoms with E-state index in [-0.39, 0.29) is 10.8 Å². The highest BCUT2D eigenvalue weighted by Gasteiger charge is 2.20. The van der Waals surface area contributed by atoms with Crippen LogP contribution in [0.25, 0.3) is 0 Å².